The summed E-state index contributed by atoms with van der Waals surface area (Å²) in [5, 5.41) is 30.6. The number of hydrogen-bond acceptors (Lipinski definition) is 6. The van der Waals surface area contributed by atoms with Gasteiger partial charge in [-0.15, -0.1) is 0 Å². The monoisotopic (exact) mass is 355 g/mol. The number of benzene rings is 1. The maximum absolute atomic E-state index is 12.9. The molecule has 2 rings (SSSR count). The Morgan fingerprint density at radius 1 is 1.38 bits per heavy atom. The van der Waals surface area contributed by atoms with Crippen LogP contribution in [0.3, 0.4) is 0 Å². The predicted octanol–water partition coefficient (Wildman–Crippen LogP) is 2.84. The van der Waals surface area contributed by atoms with Gasteiger partial charge in [0, 0.05) is 23.7 Å². The summed E-state index contributed by atoms with van der Waals surface area (Å²) < 4.78 is 1.03. The Kier molecular flexibility index (Phi) is 5.22. The molecule has 0 saturated heterocycles. The summed E-state index contributed by atoms with van der Waals surface area (Å²) in [6.07, 6.45) is 0.507. The second kappa shape index (κ2) is 7.19. The van der Waals surface area contributed by atoms with Crippen LogP contribution in [0.1, 0.15) is 53.4 Å². The zero-order valence-electron chi connectivity index (χ0n) is 14.5. The maximum Gasteiger partial charge on any atom is 0.271 e. The highest BCUT2D eigenvalue weighted by atomic mass is 16.6. The van der Waals surface area contributed by atoms with E-state index in [0.29, 0.717) is 6.42 Å². The second-order valence-corrected chi connectivity index (χ2v) is 5.88. The summed E-state index contributed by atoms with van der Waals surface area (Å²) >= 11 is 0. The van der Waals surface area contributed by atoms with Crippen molar-refractivity contribution in [3.05, 3.63) is 67.0 Å². The summed E-state index contributed by atoms with van der Waals surface area (Å²) in [7, 11) is 0. The quantitative estimate of drug-likeness (QED) is 0.499. The molecule has 0 saturated carbocycles. The van der Waals surface area contributed by atoms with Gasteiger partial charge in [-0.25, -0.2) is 0 Å². The first kappa shape index (κ1) is 18.9. The van der Waals surface area contributed by atoms with Gasteiger partial charge in [-0.3, -0.25) is 24.3 Å². The largest absolute Gasteiger partial charge is 0.494 e. The van der Waals surface area contributed by atoms with Crippen molar-refractivity contribution >= 4 is 11.5 Å². The first-order chi connectivity index (χ1) is 12.2. The number of rotatable bonds is 5. The minimum Gasteiger partial charge on any atom is -0.494 e. The minimum atomic E-state index is -0.655. The molecule has 1 aromatic carbocycles. The summed E-state index contributed by atoms with van der Waals surface area (Å²) in [5.41, 5.74) is -1.02. The minimum absolute atomic E-state index is 0.0814. The Bertz CT molecular complexity index is 984. The van der Waals surface area contributed by atoms with E-state index < -0.39 is 28.2 Å². The van der Waals surface area contributed by atoms with Gasteiger partial charge >= 0.3 is 0 Å². The molecule has 0 aliphatic carbocycles. The molecule has 1 N–H and O–H groups in total. The van der Waals surface area contributed by atoms with Gasteiger partial charge in [-0.1, -0.05) is 6.92 Å². The number of carbonyl (C=O) groups excluding carboxylic acids is 1. The fraction of sp³-hybridized carbons (Fsp3) is 0.278. The van der Waals surface area contributed by atoms with Crippen LogP contribution in [-0.2, 0) is 0 Å². The Morgan fingerprint density at radius 3 is 2.42 bits per heavy atom. The number of nitrogens with zero attached hydrogens (tertiary/aromatic N) is 3. The van der Waals surface area contributed by atoms with E-state index in [4.69, 9.17) is 0 Å². The van der Waals surface area contributed by atoms with Crippen LogP contribution in [0.15, 0.2) is 29.1 Å². The number of non-ortho nitro benzene ring substituents is 1. The van der Waals surface area contributed by atoms with E-state index in [9.17, 15) is 30.1 Å². The summed E-state index contributed by atoms with van der Waals surface area (Å²) in [4.78, 5) is 35.5. The van der Waals surface area contributed by atoms with E-state index >= 15 is 0 Å². The molecular formula is C18H17N3O5. The lowest BCUT2D eigenvalue weighted by atomic mass is 9.96. The van der Waals surface area contributed by atoms with Crippen LogP contribution in [0, 0.1) is 28.4 Å². The topological polar surface area (TPSA) is 126 Å². The van der Waals surface area contributed by atoms with E-state index in [1.807, 2.05) is 0 Å². The highest BCUT2D eigenvalue weighted by Crippen LogP contribution is 2.28. The van der Waals surface area contributed by atoms with E-state index in [2.05, 4.69) is 0 Å². The van der Waals surface area contributed by atoms with Gasteiger partial charge in [-0.05, 0) is 38.0 Å². The third kappa shape index (κ3) is 3.07. The van der Waals surface area contributed by atoms with Gasteiger partial charge in [0.15, 0.2) is 5.78 Å². The average molecular weight is 355 g/mol. The van der Waals surface area contributed by atoms with Crippen molar-refractivity contribution in [2.24, 2.45) is 0 Å². The lowest BCUT2D eigenvalue weighted by Crippen LogP contribution is -2.28. The predicted molar refractivity (Wildman–Crippen MR) is 93.3 cm³/mol. The van der Waals surface area contributed by atoms with Crippen molar-refractivity contribution in [1.82, 2.24) is 4.57 Å². The van der Waals surface area contributed by atoms with Crippen LogP contribution in [0.4, 0.5) is 5.69 Å². The van der Waals surface area contributed by atoms with Gasteiger partial charge in [0.2, 0.25) is 5.88 Å². The molecule has 1 unspecified atom stereocenters. The molecule has 0 bridgehead atoms. The average Bonchev–Trinajstić information content (AvgIpc) is 2.61. The van der Waals surface area contributed by atoms with Crippen molar-refractivity contribution in [2.45, 2.75) is 33.2 Å². The van der Waals surface area contributed by atoms with Crippen LogP contribution in [-0.4, -0.2) is 20.4 Å². The Morgan fingerprint density at radius 2 is 1.96 bits per heavy atom. The lowest BCUT2D eigenvalue weighted by molar-refractivity contribution is -0.384. The molecule has 0 aliphatic rings. The number of ketones is 1. The summed E-state index contributed by atoms with van der Waals surface area (Å²) in [6.45, 7) is 4.91. The molecule has 8 heteroatoms. The number of carbonyl (C=O) groups is 1. The molecule has 2 aromatic rings. The molecular weight excluding hydrogens is 338 g/mol. The molecule has 1 aromatic heterocycles. The third-order valence-corrected chi connectivity index (χ3v) is 4.35. The zero-order valence-corrected chi connectivity index (χ0v) is 14.5. The molecule has 0 radical (unpaired) electrons. The van der Waals surface area contributed by atoms with Gasteiger partial charge in [0.1, 0.15) is 11.6 Å². The van der Waals surface area contributed by atoms with Gasteiger partial charge in [0.25, 0.3) is 11.2 Å². The van der Waals surface area contributed by atoms with Crippen molar-refractivity contribution < 1.29 is 14.8 Å². The molecule has 0 spiro atoms. The van der Waals surface area contributed by atoms with Gasteiger partial charge in [0.05, 0.1) is 10.5 Å². The molecule has 1 atom stereocenters. The number of nitro benzene ring substituents is 1. The van der Waals surface area contributed by atoms with Crippen LogP contribution in [0.25, 0.3) is 0 Å². The zero-order chi connectivity index (χ0) is 19.6. The Hall–Kier alpha value is -3.47. The number of nitro groups is 1. The van der Waals surface area contributed by atoms with Crippen LogP contribution in [0.5, 0.6) is 5.88 Å². The van der Waals surface area contributed by atoms with E-state index in [0.717, 1.165) is 4.57 Å². The number of aromatic hydroxyl groups is 1. The summed E-state index contributed by atoms with van der Waals surface area (Å²) in [5.74, 6) is -1.13. The van der Waals surface area contributed by atoms with Gasteiger partial charge < -0.3 is 5.11 Å². The fourth-order valence-electron chi connectivity index (χ4n) is 2.66. The highest BCUT2D eigenvalue weighted by molar-refractivity contribution is 6.11. The smallest absolute Gasteiger partial charge is 0.271 e. The summed E-state index contributed by atoms with van der Waals surface area (Å²) in [6, 6.07) is 6.27. The molecule has 8 nitrogen and oxygen atoms in total. The maximum atomic E-state index is 12.9. The molecule has 26 heavy (non-hydrogen) atoms. The normalized spacial score (nSPS) is 11.6. The second-order valence-electron chi connectivity index (χ2n) is 5.88. The Labute approximate surface area is 149 Å². The van der Waals surface area contributed by atoms with Crippen LogP contribution in [0.2, 0.25) is 0 Å². The number of aromatic nitrogens is 1. The van der Waals surface area contributed by atoms with Crippen LogP contribution < -0.4 is 5.56 Å². The van der Waals surface area contributed by atoms with Gasteiger partial charge in [-0.2, -0.15) is 5.26 Å². The standard InChI is InChI=1S/C18H17N3O5/c1-4-10(2)20-17(23)14(9-19)11(3)15(18(20)24)16(22)12-5-7-13(8-6-12)21(25)26/h5-8,10,24H,4H2,1-3H3. The third-order valence-electron chi connectivity index (χ3n) is 4.35. The Balaban J connectivity index is 2.72. The van der Waals surface area contributed by atoms with Crippen LogP contribution >= 0.6 is 0 Å². The fourth-order valence-corrected chi connectivity index (χ4v) is 2.66. The van der Waals surface area contributed by atoms with Crippen molar-refractivity contribution in [3.8, 4) is 11.9 Å². The van der Waals surface area contributed by atoms with E-state index in [1.165, 1.54) is 31.2 Å². The number of hydrogen-bond donors (Lipinski definition) is 1. The first-order valence-corrected chi connectivity index (χ1v) is 7.91. The molecule has 0 amide bonds. The molecule has 1 heterocycles. The first-order valence-electron chi connectivity index (χ1n) is 7.91. The highest BCUT2D eigenvalue weighted by Gasteiger charge is 2.26. The van der Waals surface area contributed by atoms with Crippen molar-refractivity contribution in [1.29, 1.82) is 5.26 Å². The van der Waals surface area contributed by atoms with E-state index in [1.54, 1.807) is 19.9 Å². The molecule has 0 aliphatic heterocycles. The van der Waals surface area contributed by atoms with Crippen molar-refractivity contribution in [2.75, 3.05) is 0 Å². The van der Waals surface area contributed by atoms with Crippen molar-refractivity contribution in [3.63, 3.8) is 0 Å². The number of pyridine rings is 1. The number of nitriles is 1. The van der Waals surface area contributed by atoms with E-state index in [-0.39, 0.29) is 27.9 Å². The lowest BCUT2D eigenvalue weighted by Gasteiger charge is -2.19. The SMILES string of the molecule is CCC(C)n1c(O)c(C(=O)c2ccc([N+](=O)[O-])cc2)c(C)c(C#N)c1=O. The molecule has 134 valence electrons. The molecule has 0 fully saturated rings.